The zero-order valence-corrected chi connectivity index (χ0v) is 14.1. The first-order chi connectivity index (χ1) is 11.7. The van der Waals surface area contributed by atoms with Gasteiger partial charge >= 0.3 is 0 Å². The van der Waals surface area contributed by atoms with E-state index < -0.39 is 0 Å². The van der Waals surface area contributed by atoms with E-state index in [1.165, 1.54) is 5.69 Å². The Bertz CT molecular complexity index is 639. The van der Waals surface area contributed by atoms with E-state index in [1.807, 2.05) is 0 Å². The summed E-state index contributed by atoms with van der Waals surface area (Å²) in [5.41, 5.74) is 7.02. The minimum atomic E-state index is 0.279. The van der Waals surface area contributed by atoms with Gasteiger partial charge in [0.2, 0.25) is 11.9 Å². The molecule has 128 valence electrons. The number of nitrogens with two attached hydrogens (primary N) is 1. The third kappa shape index (κ3) is 4.32. The Hall–Kier alpha value is -2.41. The lowest BCUT2D eigenvalue weighted by molar-refractivity contribution is 0.254. The molecule has 0 aliphatic carbocycles. The standard InChI is InChI=1S/C17H25N7/c1-19-17-21-15(20-16(18)22-17)8-5-9-23-10-12-24(13-11-23)14-6-3-2-4-7-14/h2-4,6-7H,5,8-13H2,1H3,(H3,18,19,20,21,22). The molecular formula is C17H25N7. The van der Waals surface area contributed by atoms with Crippen molar-refractivity contribution in [1.29, 1.82) is 0 Å². The third-order valence-corrected chi connectivity index (χ3v) is 4.29. The van der Waals surface area contributed by atoms with Gasteiger partial charge in [-0.3, -0.25) is 4.90 Å². The molecular weight excluding hydrogens is 302 g/mol. The van der Waals surface area contributed by atoms with Crippen molar-refractivity contribution < 1.29 is 0 Å². The molecule has 7 heteroatoms. The van der Waals surface area contributed by atoms with E-state index >= 15 is 0 Å². The van der Waals surface area contributed by atoms with Crippen molar-refractivity contribution in [2.24, 2.45) is 0 Å². The SMILES string of the molecule is CNc1nc(N)nc(CCCN2CCN(c3ccccc3)CC2)n1. The molecule has 7 nitrogen and oxygen atoms in total. The molecule has 0 unspecified atom stereocenters. The second-order valence-electron chi connectivity index (χ2n) is 5.95. The summed E-state index contributed by atoms with van der Waals surface area (Å²) in [6, 6.07) is 10.6. The van der Waals surface area contributed by atoms with Crippen molar-refractivity contribution >= 4 is 17.6 Å². The lowest BCUT2D eigenvalue weighted by Crippen LogP contribution is -2.46. The van der Waals surface area contributed by atoms with Crippen molar-refractivity contribution in [2.45, 2.75) is 12.8 Å². The topological polar surface area (TPSA) is 83.2 Å². The number of rotatable bonds is 6. The van der Waals surface area contributed by atoms with Crippen LogP contribution in [0.25, 0.3) is 0 Å². The number of nitrogen functional groups attached to an aromatic ring is 1. The van der Waals surface area contributed by atoms with Gasteiger partial charge in [0.25, 0.3) is 0 Å². The summed E-state index contributed by atoms with van der Waals surface area (Å²) < 4.78 is 0. The fraction of sp³-hybridized carbons (Fsp3) is 0.471. The fourth-order valence-corrected chi connectivity index (χ4v) is 2.99. The minimum Gasteiger partial charge on any atom is -0.369 e. The summed E-state index contributed by atoms with van der Waals surface area (Å²) in [5, 5.41) is 2.91. The van der Waals surface area contributed by atoms with Gasteiger partial charge in [0.05, 0.1) is 0 Å². The molecule has 0 amide bonds. The lowest BCUT2D eigenvalue weighted by atomic mass is 10.2. The van der Waals surface area contributed by atoms with E-state index in [-0.39, 0.29) is 5.95 Å². The number of hydrogen-bond acceptors (Lipinski definition) is 7. The third-order valence-electron chi connectivity index (χ3n) is 4.29. The summed E-state index contributed by atoms with van der Waals surface area (Å²) in [6.07, 6.45) is 1.85. The largest absolute Gasteiger partial charge is 0.369 e. The van der Waals surface area contributed by atoms with Crippen LogP contribution in [0.2, 0.25) is 0 Å². The number of piperazine rings is 1. The van der Waals surface area contributed by atoms with Crippen LogP contribution in [0.1, 0.15) is 12.2 Å². The summed E-state index contributed by atoms with van der Waals surface area (Å²) >= 11 is 0. The molecule has 0 saturated carbocycles. The van der Waals surface area contributed by atoms with Crippen molar-refractivity contribution in [2.75, 3.05) is 55.7 Å². The Morgan fingerprint density at radius 1 is 1.04 bits per heavy atom. The number of aromatic nitrogens is 3. The smallest absolute Gasteiger partial charge is 0.227 e. The quantitative estimate of drug-likeness (QED) is 0.826. The molecule has 24 heavy (non-hydrogen) atoms. The number of aryl methyl sites for hydroxylation is 1. The predicted octanol–water partition coefficient (Wildman–Crippen LogP) is 1.25. The molecule has 2 heterocycles. The molecule has 0 atom stereocenters. The van der Waals surface area contributed by atoms with Gasteiger partial charge in [-0.25, -0.2) is 0 Å². The highest BCUT2D eigenvalue weighted by Crippen LogP contribution is 2.15. The summed E-state index contributed by atoms with van der Waals surface area (Å²) in [6.45, 7) is 5.40. The summed E-state index contributed by atoms with van der Waals surface area (Å²) in [4.78, 5) is 17.5. The average molecular weight is 327 g/mol. The molecule has 1 aliphatic heterocycles. The normalized spacial score (nSPS) is 15.5. The molecule has 3 N–H and O–H groups in total. The fourth-order valence-electron chi connectivity index (χ4n) is 2.99. The first kappa shape index (κ1) is 16.4. The van der Waals surface area contributed by atoms with Gasteiger partial charge in [-0.15, -0.1) is 0 Å². The zero-order chi connectivity index (χ0) is 16.8. The number of hydrogen-bond donors (Lipinski definition) is 2. The van der Waals surface area contributed by atoms with E-state index in [4.69, 9.17) is 5.73 Å². The van der Waals surface area contributed by atoms with Crippen LogP contribution in [0.15, 0.2) is 30.3 Å². The molecule has 0 radical (unpaired) electrons. The highest BCUT2D eigenvalue weighted by Gasteiger charge is 2.16. The van der Waals surface area contributed by atoms with Crippen LogP contribution in [-0.2, 0) is 6.42 Å². The molecule has 1 fully saturated rings. The van der Waals surface area contributed by atoms with Gasteiger partial charge in [-0.1, -0.05) is 18.2 Å². The Kier molecular flexibility index (Phi) is 5.43. The van der Waals surface area contributed by atoms with Crippen LogP contribution in [0.4, 0.5) is 17.6 Å². The van der Waals surface area contributed by atoms with Crippen LogP contribution in [-0.4, -0.2) is 59.6 Å². The zero-order valence-electron chi connectivity index (χ0n) is 14.1. The maximum atomic E-state index is 5.70. The maximum absolute atomic E-state index is 5.70. The van der Waals surface area contributed by atoms with E-state index in [1.54, 1.807) is 7.05 Å². The molecule has 2 aromatic rings. The Morgan fingerprint density at radius 2 is 1.79 bits per heavy atom. The average Bonchev–Trinajstić information content (AvgIpc) is 2.62. The molecule has 3 rings (SSSR count). The van der Waals surface area contributed by atoms with Gasteiger partial charge in [0, 0.05) is 45.3 Å². The first-order valence-corrected chi connectivity index (χ1v) is 8.45. The van der Waals surface area contributed by atoms with Crippen LogP contribution >= 0.6 is 0 Å². The van der Waals surface area contributed by atoms with Crippen molar-refractivity contribution in [1.82, 2.24) is 19.9 Å². The first-order valence-electron chi connectivity index (χ1n) is 8.45. The second kappa shape index (κ2) is 7.92. The highest BCUT2D eigenvalue weighted by molar-refractivity contribution is 5.46. The van der Waals surface area contributed by atoms with Crippen LogP contribution in [0.3, 0.4) is 0 Å². The summed E-state index contributed by atoms with van der Waals surface area (Å²) in [7, 11) is 1.78. The predicted molar refractivity (Wildman–Crippen MR) is 97.2 cm³/mol. The van der Waals surface area contributed by atoms with E-state index in [0.717, 1.165) is 51.4 Å². The Morgan fingerprint density at radius 3 is 2.50 bits per heavy atom. The second-order valence-corrected chi connectivity index (χ2v) is 5.95. The molecule has 1 saturated heterocycles. The highest BCUT2D eigenvalue weighted by atomic mass is 15.3. The van der Waals surface area contributed by atoms with E-state index in [9.17, 15) is 0 Å². The van der Waals surface area contributed by atoms with Crippen molar-refractivity contribution in [3.05, 3.63) is 36.2 Å². The van der Waals surface area contributed by atoms with Gasteiger partial charge in [-0.2, -0.15) is 15.0 Å². The van der Waals surface area contributed by atoms with Crippen LogP contribution in [0.5, 0.6) is 0 Å². The Balaban J connectivity index is 1.43. The van der Waals surface area contributed by atoms with E-state index in [0.29, 0.717) is 5.95 Å². The number of benzene rings is 1. The van der Waals surface area contributed by atoms with E-state index in [2.05, 4.69) is 60.4 Å². The summed E-state index contributed by atoms with van der Waals surface area (Å²) in [5.74, 6) is 1.57. The minimum absolute atomic E-state index is 0.279. The Labute approximate surface area is 142 Å². The van der Waals surface area contributed by atoms with Gasteiger partial charge < -0.3 is 16.0 Å². The lowest BCUT2D eigenvalue weighted by Gasteiger charge is -2.36. The van der Waals surface area contributed by atoms with Crippen LogP contribution < -0.4 is 16.0 Å². The van der Waals surface area contributed by atoms with Crippen molar-refractivity contribution in [3.8, 4) is 0 Å². The molecule has 1 aliphatic rings. The monoisotopic (exact) mass is 327 g/mol. The van der Waals surface area contributed by atoms with Crippen molar-refractivity contribution in [3.63, 3.8) is 0 Å². The molecule has 1 aromatic heterocycles. The van der Waals surface area contributed by atoms with Crippen LogP contribution in [0, 0.1) is 0 Å². The number of para-hydroxylation sites is 1. The molecule has 1 aromatic carbocycles. The number of nitrogens with zero attached hydrogens (tertiary/aromatic N) is 5. The molecule has 0 spiro atoms. The van der Waals surface area contributed by atoms with Gasteiger partial charge in [0.15, 0.2) is 0 Å². The molecule has 0 bridgehead atoms. The number of anilines is 3. The maximum Gasteiger partial charge on any atom is 0.227 e. The number of nitrogens with one attached hydrogen (secondary N) is 1. The van der Waals surface area contributed by atoms with Gasteiger partial charge in [-0.05, 0) is 25.1 Å². The van der Waals surface area contributed by atoms with Gasteiger partial charge in [0.1, 0.15) is 5.82 Å².